The third-order valence-electron chi connectivity index (χ3n) is 6.70. The molecule has 6 atom stereocenters. The standard InChI is InChI=1S/C21H22N2O4/c1-27-16-5-3-2-4-15(16)22-17(24)8-9-23-20(25)18-11-6-7-12(14-10-13(11)14)19(18)21(23)26/h2-7,11-14,18-19H,8-10H2,1H3,(H,22,24)/t11-,12-,13-,14+,18-,19+/m0/s1. The average Bonchev–Trinajstić information content (AvgIpc) is 3.46. The van der Waals surface area contributed by atoms with Crippen LogP contribution in [-0.2, 0) is 14.4 Å². The van der Waals surface area contributed by atoms with Crippen molar-refractivity contribution in [3.8, 4) is 5.75 Å². The smallest absolute Gasteiger partial charge is 0.233 e. The van der Waals surface area contributed by atoms with Crippen molar-refractivity contribution in [1.82, 2.24) is 4.90 Å². The quantitative estimate of drug-likeness (QED) is 0.639. The molecule has 6 nitrogen and oxygen atoms in total. The van der Waals surface area contributed by atoms with Crippen LogP contribution in [-0.4, -0.2) is 36.3 Å². The highest BCUT2D eigenvalue weighted by Crippen LogP contribution is 2.65. The highest BCUT2D eigenvalue weighted by atomic mass is 16.5. The van der Waals surface area contributed by atoms with Crippen LogP contribution >= 0.6 is 0 Å². The Bertz CT molecular complexity index is 827. The minimum atomic E-state index is -0.237. The second-order valence-corrected chi connectivity index (χ2v) is 7.98. The molecule has 0 aromatic heterocycles. The molecule has 0 spiro atoms. The summed E-state index contributed by atoms with van der Waals surface area (Å²) < 4.78 is 5.23. The van der Waals surface area contributed by atoms with E-state index < -0.39 is 0 Å². The van der Waals surface area contributed by atoms with Crippen molar-refractivity contribution >= 4 is 23.4 Å². The highest BCUT2D eigenvalue weighted by Gasteiger charge is 2.66. The summed E-state index contributed by atoms with van der Waals surface area (Å²) in [6, 6.07) is 7.16. The molecule has 2 bridgehead atoms. The molecule has 0 radical (unpaired) electrons. The minimum absolute atomic E-state index is 0.0835. The second-order valence-electron chi connectivity index (χ2n) is 7.98. The first-order valence-electron chi connectivity index (χ1n) is 9.56. The third kappa shape index (κ3) is 2.42. The van der Waals surface area contributed by atoms with Crippen LogP contribution in [0.3, 0.4) is 0 Å². The molecule has 6 rings (SSSR count). The fraction of sp³-hybridized carbons (Fsp3) is 0.476. The number of methoxy groups -OCH3 is 1. The third-order valence-corrected chi connectivity index (χ3v) is 6.70. The fourth-order valence-electron chi connectivity index (χ4n) is 5.41. The topological polar surface area (TPSA) is 75.7 Å². The van der Waals surface area contributed by atoms with Gasteiger partial charge < -0.3 is 10.1 Å². The molecule has 3 fully saturated rings. The van der Waals surface area contributed by atoms with Gasteiger partial charge in [0.15, 0.2) is 0 Å². The van der Waals surface area contributed by atoms with Crippen LogP contribution in [0.5, 0.6) is 5.75 Å². The first-order valence-corrected chi connectivity index (χ1v) is 9.56. The number of carbonyl (C=O) groups is 3. The number of benzene rings is 1. The number of para-hydroxylation sites is 2. The summed E-state index contributed by atoms with van der Waals surface area (Å²) in [6.07, 6.45) is 5.55. The van der Waals surface area contributed by atoms with E-state index in [4.69, 9.17) is 4.74 Å². The summed E-state index contributed by atoms with van der Waals surface area (Å²) in [5.41, 5.74) is 0.583. The van der Waals surface area contributed by atoms with Gasteiger partial charge in [0.1, 0.15) is 5.75 Å². The van der Waals surface area contributed by atoms with Gasteiger partial charge in [0.25, 0.3) is 0 Å². The van der Waals surface area contributed by atoms with Crippen LogP contribution in [0, 0.1) is 35.5 Å². The molecule has 1 heterocycles. The van der Waals surface area contributed by atoms with Crippen molar-refractivity contribution in [2.75, 3.05) is 19.0 Å². The lowest BCUT2D eigenvalue weighted by atomic mass is 9.63. The summed E-state index contributed by atoms with van der Waals surface area (Å²) >= 11 is 0. The van der Waals surface area contributed by atoms with Gasteiger partial charge in [-0.1, -0.05) is 24.3 Å². The zero-order valence-electron chi connectivity index (χ0n) is 15.1. The molecule has 27 heavy (non-hydrogen) atoms. The number of hydrogen-bond donors (Lipinski definition) is 1. The Morgan fingerprint density at radius 1 is 1.11 bits per heavy atom. The van der Waals surface area contributed by atoms with Gasteiger partial charge in [-0.05, 0) is 42.2 Å². The Morgan fingerprint density at radius 2 is 1.74 bits per heavy atom. The largest absolute Gasteiger partial charge is 0.495 e. The molecule has 1 N–H and O–H groups in total. The van der Waals surface area contributed by atoms with E-state index in [0.717, 1.165) is 6.42 Å². The second kappa shape index (κ2) is 5.94. The number of ether oxygens (including phenoxy) is 1. The van der Waals surface area contributed by atoms with Gasteiger partial charge in [0, 0.05) is 13.0 Å². The average molecular weight is 366 g/mol. The van der Waals surface area contributed by atoms with Crippen LogP contribution in [0.2, 0.25) is 0 Å². The van der Waals surface area contributed by atoms with E-state index in [-0.39, 0.29) is 54.4 Å². The molecule has 4 aliphatic carbocycles. The van der Waals surface area contributed by atoms with Crippen LogP contribution in [0.1, 0.15) is 12.8 Å². The molecule has 140 valence electrons. The molecular weight excluding hydrogens is 344 g/mol. The Hall–Kier alpha value is -2.63. The van der Waals surface area contributed by atoms with Crippen molar-refractivity contribution in [2.24, 2.45) is 35.5 Å². The number of hydrogen-bond acceptors (Lipinski definition) is 4. The SMILES string of the molecule is COc1ccccc1NC(=O)CCN1C(=O)[C@@H]2[C@H]3C=C[C@@H]([C@@H]4C[C@H]34)[C@@H]2C1=O. The molecule has 1 aromatic carbocycles. The van der Waals surface area contributed by atoms with Crippen LogP contribution < -0.4 is 10.1 Å². The number of rotatable bonds is 5. The predicted octanol–water partition coefficient (Wildman–Crippen LogP) is 2.08. The van der Waals surface area contributed by atoms with E-state index in [1.54, 1.807) is 19.2 Å². The summed E-state index contributed by atoms with van der Waals surface area (Å²) in [4.78, 5) is 39.5. The Morgan fingerprint density at radius 3 is 2.37 bits per heavy atom. The van der Waals surface area contributed by atoms with E-state index in [2.05, 4.69) is 17.5 Å². The van der Waals surface area contributed by atoms with Gasteiger partial charge in [-0.3, -0.25) is 19.3 Å². The van der Waals surface area contributed by atoms with E-state index in [1.807, 2.05) is 12.1 Å². The number of nitrogens with zero attached hydrogens (tertiary/aromatic N) is 1. The molecule has 1 saturated heterocycles. The van der Waals surface area contributed by atoms with Gasteiger partial charge in [0.05, 0.1) is 24.6 Å². The Kier molecular flexibility index (Phi) is 3.64. The Labute approximate surface area is 157 Å². The molecule has 6 heteroatoms. The lowest BCUT2D eigenvalue weighted by Gasteiger charge is -2.37. The van der Waals surface area contributed by atoms with Gasteiger partial charge in [-0.2, -0.15) is 0 Å². The number of amides is 3. The van der Waals surface area contributed by atoms with E-state index in [1.165, 1.54) is 4.90 Å². The molecular formula is C21H22N2O4. The molecule has 2 saturated carbocycles. The number of likely N-dealkylation sites (tertiary alicyclic amines) is 1. The molecule has 0 unspecified atom stereocenters. The number of allylic oxidation sites excluding steroid dienone is 2. The van der Waals surface area contributed by atoms with E-state index in [0.29, 0.717) is 23.3 Å². The number of carbonyl (C=O) groups excluding carboxylic acids is 3. The monoisotopic (exact) mass is 366 g/mol. The molecule has 1 aromatic rings. The van der Waals surface area contributed by atoms with E-state index >= 15 is 0 Å². The maximum absolute atomic E-state index is 12.9. The number of imide groups is 1. The van der Waals surface area contributed by atoms with Crippen molar-refractivity contribution in [3.63, 3.8) is 0 Å². The van der Waals surface area contributed by atoms with Gasteiger partial charge in [0.2, 0.25) is 17.7 Å². The summed E-state index contributed by atoms with van der Waals surface area (Å²) in [5.74, 6) is 1.38. The minimum Gasteiger partial charge on any atom is -0.495 e. The number of anilines is 1. The van der Waals surface area contributed by atoms with Crippen LogP contribution in [0.4, 0.5) is 5.69 Å². The summed E-state index contributed by atoms with van der Waals surface area (Å²) in [7, 11) is 1.54. The molecule has 3 amide bonds. The van der Waals surface area contributed by atoms with Gasteiger partial charge in [-0.15, -0.1) is 0 Å². The van der Waals surface area contributed by atoms with E-state index in [9.17, 15) is 14.4 Å². The highest BCUT2D eigenvalue weighted by molar-refractivity contribution is 6.06. The predicted molar refractivity (Wildman–Crippen MR) is 97.7 cm³/mol. The molecule has 5 aliphatic rings. The first-order chi connectivity index (χ1) is 13.1. The first kappa shape index (κ1) is 16.5. The van der Waals surface area contributed by atoms with Crippen molar-refractivity contribution in [2.45, 2.75) is 12.8 Å². The fourth-order valence-corrected chi connectivity index (χ4v) is 5.41. The lowest BCUT2D eigenvalue weighted by Crippen LogP contribution is -2.40. The van der Waals surface area contributed by atoms with Crippen LogP contribution in [0.25, 0.3) is 0 Å². The molecule has 1 aliphatic heterocycles. The summed E-state index contributed by atoms with van der Waals surface area (Å²) in [6.45, 7) is 0.139. The lowest BCUT2D eigenvalue weighted by molar-refractivity contribution is -0.140. The summed E-state index contributed by atoms with van der Waals surface area (Å²) in [5, 5.41) is 2.80. The normalized spacial score (nSPS) is 35.1. The van der Waals surface area contributed by atoms with Crippen molar-refractivity contribution in [3.05, 3.63) is 36.4 Å². The van der Waals surface area contributed by atoms with Crippen molar-refractivity contribution in [1.29, 1.82) is 0 Å². The van der Waals surface area contributed by atoms with Crippen LogP contribution in [0.15, 0.2) is 36.4 Å². The zero-order chi connectivity index (χ0) is 18.7. The van der Waals surface area contributed by atoms with Gasteiger partial charge in [-0.25, -0.2) is 0 Å². The van der Waals surface area contributed by atoms with Crippen molar-refractivity contribution < 1.29 is 19.1 Å². The number of nitrogens with one attached hydrogen (secondary N) is 1. The van der Waals surface area contributed by atoms with Gasteiger partial charge >= 0.3 is 0 Å². The maximum Gasteiger partial charge on any atom is 0.233 e. The maximum atomic E-state index is 12.9. The Balaban J connectivity index is 1.25. The zero-order valence-corrected chi connectivity index (χ0v) is 15.1.